The topological polar surface area (TPSA) is 25.8 Å². The summed E-state index contributed by atoms with van der Waals surface area (Å²) in [4.78, 5) is 10.4. The third kappa shape index (κ3) is 4.57. The highest BCUT2D eigenvalue weighted by Gasteiger charge is 2.38. The summed E-state index contributed by atoms with van der Waals surface area (Å²) in [6.07, 6.45) is 0. The van der Waals surface area contributed by atoms with Gasteiger partial charge in [-0.2, -0.15) is 0 Å². The Morgan fingerprint density at radius 1 is 0.392 bits per heavy atom. The lowest BCUT2D eigenvalue weighted by molar-refractivity contribution is 0.666. The van der Waals surface area contributed by atoms with Crippen LogP contribution in [0.1, 0.15) is 25.0 Å². The zero-order chi connectivity index (χ0) is 34.1. The lowest BCUT2D eigenvalue weighted by Crippen LogP contribution is -2.15. The number of hydrogen-bond donors (Lipinski definition) is 0. The number of fused-ring (bicyclic) bond motifs is 7. The lowest BCUT2D eigenvalue weighted by Gasteiger charge is -2.23. The van der Waals surface area contributed by atoms with Gasteiger partial charge in [0, 0.05) is 22.1 Å². The Morgan fingerprint density at radius 3 is 1.69 bits per heavy atom. The molecule has 1 heterocycles. The molecule has 0 saturated carbocycles. The highest BCUT2D eigenvalue weighted by molar-refractivity contribution is 6.09. The van der Waals surface area contributed by atoms with Gasteiger partial charge in [0.05, 0.1) is 11.4 Å². The van der Waals surface area contributed by atoms with Crippen LogP contribution >= 0.6 is 0 Å². The first-order chi connectivity index (χ1) is 25.1. The Labute approximate surface area is 297 Å². The fourth-order valence-electron chi connectivity index (χ4n) is 8.52. The Bertz CT molecular complexity index is 2820. The van der Waals surface area contributed by atoms with Crippen LogP contribution in [0.2, 0.25) is 0 Å². The van der Waals surface area contributed by atoms with E-state index in [-0.39, 0.29) is 5.41 Å². The maximum Gasteiger partial charge on any atom is 0.160 e. The predicted molar refractivity (Wildman–Crippen MR) is 214 cm³/mol. The molecule has 0 bridgehead atoms. The minimum Gasteiger partial charge on any atom is -0.228 e. The van der Waals surface area contributed by atoms with Crippen molar-refractivity contribution in [3.05, 3.63) is 181 Å². The predicted octanol–water partition coefficient (Wildman–Crippen LogP) is 12.9. The van der Waals surface area contributed by atoms with E-state index in [1.165, 1.54) is 65.7 Å². The van der Waals surface area contributed by atoms with Crippen molar-refractivity contribution in [3.63, 3.8) is 0 Å². The third-order valence-corrected chi connectivity index (χ3v) is 10.9. The number of rotatable bonds is 4. The van der Waals surface area contributed by atoms with E-state index in [1.807, 2.05) is 18.2 Å². The minimum atomic E-state index is -0.121. The van der Waals surface area contributed by atoms with Crippen LogP contribution in [-0.4, -0.2) is 9.97 Å². The quantitative estimate of drug-likeness (QED) is 0.189. The third-order valence-electron chi connectivity index (χ3n) is 10.9. The lowest BCUT2D eigenvalue weighted by atomic mass is 9.80. The molecule has 0 spiro atoms. The summed E-state index contributed by atoms with van der Waals surface area (Å²) in [6, 6.07) is 61.1. The molecule has 0 amide bonds. The fraction of sp³-hybridized carbons (Fsp3) is 0.0612. The van der Waals surface area contributed by atoms with Crippen molar-refractivity contribution in [2.45, 2.75) is 19.3 Å². The second-order valence-electron chi connectivity index (χ2n) is 14.1. The minimum absolute atomic E-state index is 0.121. The molecule has 240 valence electrons. The van der Waals surface area contributed by atoms with Crippen molar-refractivity contribution < 1.29 is 0 Å². The zero-order valence-electron chi connectivity index (χ0n) is 28.6. The van der Waals surface area contributed by atoms with E-state index in [2.05, 4.69) is 166 Å². The molecule has 2 nitrogen and oxygen atoms in total. The van der Waals surface area contributed by atoms with Gasteiger partial charge in [-0.25, -0.2) is 9.97 Å². The highest BCUT2D eigenvalue weighted by Crippen LogP contribution is 2.55. The number of benzene rings is 8. The molecule has 0 radical (unpaired) electrons. The molecule has 2 heteroatoms. The second kappa shape index (κ2) is 11.3. The van der Waals surface area contributed by atoms with Crippen molar-refractivity contribution in [2.75, 3.05) is 0 Å². The van der Waals surface area contributed by atoms with Crippen LogP contribution in [0.5, 0.6) is 0 Å². The maximum atomic E-state index is 5.26. The number of nitrogens with zero attached hydrogens (tertiary/aromatic N) is 2. The van der Waals surface area contributed by atoms with E-state index in [4.69, 9.17) is 9.97 Å². The SMILES string of the molecule is CC1(C)c2cccc(-c3ccc(-c4cc(-c5cccc6ccccc56)nc(-c5ccccc5)n4)c4ccccc34)c2-c2ccc3ccccc3c21. The van der Waals surface area contributed by atoms with Crippen LogP contribution in [0.15, 0.2) is 170 Å². The second-order valence-corrected chi connectivity index (χ2v) is 14.1. The number of aromatic nitrogens is 2. The molecular formula is C49H34N2. The molecule has 51 heavy (non-hydrogen) atoms. The maximum absolute atomic E-state index is 5.26. The van der Waals surface area contributed by atoms with E-state index in [9.17, 15) is 0 Å². The van der Waals surface area contributed by atoms with E-state index in [0.29, 0.717) is 0 Å². The summed E-state index contributed by atoms with van der Waals surface area (Å²) in [5.74, 6) is 0.719. The van der Waals surface area contributed by atoms with Gasteiger partial charge < -0.3 is 0 Å². The summed E-state index contributed by atoms with van der Waals surface area (Å²) in [5, 5.41) is 7.38. The van der Waals surface area contributed by atoms with Gasteiger partial charge >= 0.3 is 0 Å². The van der Waals surface area contributed by atoms with Crippen molar-refractivity contribution in [3.8, 4) is 56.2 Å². The molecule has 10 rings (SSSR count). The summed E-state index contributed by atoms with van der Waals surface area (Å²) in [5.41, 5.74) is 12.9. The van der Waals surface area contributed by atoms with E-state index < -0.39 is 0 Å². The molecule has 8 aromatic carbocycles. The standard InChI is InChI=1S/C49H34N2/c1-49(2)43-25-13-24-41(46(43)42-27-26-32-15-7-9-20-35(32)47(42)49)38-28-29-40(37-22-11-10-21-36(37)38)45-30-44(50-48(51-45)33-16-4-3-5-17-33)39-23-12-18-31-14-6-8-19-34(31)39/h3-30H,1-2H3. The molecule has 0 N–H and O–H groups in total. The van der Waals surface area contributed by atoms with Gasteiger partial charge in [0.25, 0.3) is 0 Å². The van der Waals surface area contributed by atoms with E-state index >= 15 is 0 Å². The molecule has 1 aliphatic rings. The van der Waals surface area contributed by atoms with Gasteiger partial charge in [-0.05, 0) is 71.8 Å². The Kier molecular flexibility index (Phi) is 6.56. The normalized spacial score (nSPS) is 13.1. The Balaban J connectivity index is 1.20. The highest BCUT2D eigenvalue weighted by atomic mass is 14.9. The molecule has 1 aromatic heterocycles. The summed E-state index contributed by atoms with van der Waals surface area (Å²) < 4.78 is 0. The molecule has 0 saturated heterocycles. The van der Waals surface area contributed by atoms with Crippen molar-refractivity contribution in [1.29, 1.82) is 0 Å². The van der Waals surface area contributed by atoms with E-state index in [0.717, 1.165) is 33.9 Å². The number of hydrogen-bond acceptors (Lipinski definition) is 2. The molecule has 1 aliphatic carbocycles. The van der Waals surface area contributed by atoms with Gasteiger partial charge in [-0.3, -0.25) is 0 Å². The van der Waals surface area contributed by atoms with Crippen molar-refractivity contribution >= 4 is 32.3 Å². The van der Waals surface area contributed by atoms with Crippen LogP contribution in [0.3, 0.4) is 0 Å². The van der Waals surface area contributed by atoms with Gasteiger partial charge in [0.15, 0.2) is 5.82 Å². The average molecular weight is 651 g/mol. The van der Waals surface area contributed by atoms with Crippen molar-refractivity contribution in [1.82, 2.24) is 9.97 Å². The molecule has 0 fully saturated rings. The molecular weight excluding hydrogens is 617 g/mol. The summed E-state index contributed by atoms with van der Waals surface area (Å²) >= 11 is 0. The Hall–Kier alpha value is -6.38. The fourth-order valence-corrected chi connectivity index (χ4v) is 8.52. The first-order valence-corrected chi connectivity index (χ1v) is 17.7. The summed E-state index contributed by atoms with van der Waals surface area (Å²) in [7, 11) is 0. The Morgan fingerprint density at radius 2 is 0.922 bits per heavy atom. The first-order valence-electron chi connectivity index (χ1n) is 17.7. The zero-order valence-corrected chi connectivity index (χ0v) is 28.6. The van der Waals surface area contributed by atoms with Crippen molar-refractivity contribution in [2.24, 2.45) is 0 Å². The van der Waals surface area contributed by atoms with Crippen LogP contribution in [0.25, 0.3) is 88.5 Å². The van der Waals surface area contributed by atoms with Gasteiger partial charge in [0.1, 0.15) is 0 Å². The van der Waals surface area contributed by atoms with Gasteiger partial charge in [-0.15, -0.1) is 0 Å². The smallest absolute Gasteiger partial charge is 0.160 e. The van der Waals surface area contributed by atoms with Crippen LogP contribution in [0.4, 0.5) is 0 Å². The average Bonchev–Trinajstić information content (AvgIpc) is 3.44. The van der Waals surface area contributed by atoms with Gasteiger partial charge in [-0.1, -0.05) is 178 Å². The molecule has 0 aliphatic heterocycles. The molecule has 9 aromatic rings. The monoisotopic (exact) mass is 650 g/mol. The molecule has 0 atom stereocenters. The van der Waals surface area contributed by atoms with Crippen LogP contribution < -0.4 is 0 Å². The van der Waals surface area contributed by atoms with Crippen LogP contribution in [0, 0.1) is 0 Å². The van der Waals surface area contributed by atoms with Crippen LogP contribution in [-0.2, 0) is 5.41 Å². The van der Waals surface area contributed by atoms with Gasteiger partial charge in [0.2, 0.25) is 0 Å². The first kappa shape index (κ1) is 29.5. The summed E-state index contributed by atoms with van der Waals surface area (Å²) in [6.45, 7) is 4.75. The largest absolute Gasteiger partial charge is 0.228 e. The van der Waals surface area contributed by atoms with E-state index in [1.54, 1.807) is 0 Å². The molecule has 0 unspecified atom stereocenters.